The van der Waals surface area contributed by atoms with Gasteiger partial charge in [-0.05, 0) is 0 Å². The molecular weight excluding hydrogens is 207 g/mol. The smallest absolute Gasteiger partial charge is 0.378 e. The van der Waals surface area contributed by atoms with Crippen LogP contribution in [0.3, 0.4) is 0 Å². The van der Waals surface area contributed by atoms with Gasteiger partial charge in [-0.25, -0.2) is 0 Å². The van der Waals surface area contributed by atoms with Crippen molar-refractivity contribution in [3.05, 3.63) is 22.0 Å². The fraction of sp³-hybridized carbons (Fsp3) is 0.400. The van der Waals surface area contributed by atoms with Crippen LogP contribution in [-0.2, 0) is 0 Å². The van der Waals surface area contributed by atoms with Crippen LogP contribution in [0.25, 0.3) is 0 Å². The van der Waals surface area contributed by atoms with Crippen molar-refractivity contribution in [2.45, 2.75) is 12.3 Å². The Labute approximate surface area is 74.5 Å². The van der Waals surface area contributed by atoms with E-state index < -0.39 is 28.6 Å². The van der Waals surface area contributed by atoms with E-state index in [1.807, 2.05) is 0 Å². The number of aliphatic hydroxyl groups excluding tert-OH is 1. The van der Waals surface area contributed by atoms with Crippen LogP contribution >= 0.6 is 0 Å². The summed E-state index contributed by atoms with van der Waals surface area (Å²) in [5.41, 5.74) is -1.86. The Morgan fingerprint density at radius 1 is 1.64 bits per heavy atom. The summed E-state index contributed by atoms with van der Waals surface area (Å²) in [6.07, 6.45) is -7.29. The lowest BCUT2D eigenvalue weighted by Gasteiger charge is -2.11. The minimum Gasteiger partial charge on any atom is -0.378 e. The van der Waals surface area contributed by atoms with Gasteiger partial charge in [-0.2, -0.15) is 18.3 Å². The molecule has 0 aliphatic rings. The van der Waals surface area contributed by atoms with Gasteiger partial charge in [-0.1, -0.05) is 0 Å². The molecule has 1 unspecified atom stereocenters. The minimum atomic E-state index is -4.96. The van der Waals surface area contributed by atoms with E-state index in [4.69, 9.17) is 5.11 Å². The van der Waals surface area contributed by atoms with Crippen LogP contribution in [0.2, 0.25) is 0 Å². The number of rotatable bonds is 2. The number of aromatic nitrogens is 2. The lowest BCUT2D eigenvalue weighted by atomic mass is 10.2. The summed E-state index contributed by atoms with van der Waals surface area (Å²) in [4.78, 5) is 9.12. The number of H-pyrrole nitrogens is 1. The predicted octanol–water partition coefficient (Wildman–Crippen LogP) is 0.914. The van der Waals surface area contributed by atoms with Crippen molar-refractivity contribution in [3.8, 4) is 0 Å². The molecule has 0 amide bonds. The Bertz CT molecular complexity index is 347. The normalized spacial score (nSPS) is 14.0. The number of halogens is 3. The quantitative estimate of drug-likeness (QED) is 0.561. The van der Waals surface area contributed by atoms with Gasteiger partial charge in [0.1, 0.15) is 6.20 Å². The molecule has 0 aliphatic heterocycles. The molecule has 1 aromatic heterocycles. The van der Waals surface area contributed by atoms with Gasteiger partial charge in [0, 0.05) is 0 Å². The predicted molar refractivity (Wildman–Crippen MR) is 36.3 cm³/mol. The molecule has 9 heteroatoms. The van der Waals surface area contributed by atoms with E-state index in [9.17, 15) is 23.3 Å². The molecule has 6 nitrogen and oxygen atoms in total. The van der Waals surface area contributed by atoms with Crippen molar-refractivity contribution in [3.63, 3.8) is 0 Å². The molecule has 2 N–H and O–H groups in total. The summed E-state index contributed by atoms with van der Waals surface area (Å²) in [6.45, 7) is 0. The third kappa shape index (κ3) is 1.82. The van der Waals surface area contributed by atoms with E-state index in [1.165, 1.54) is 0 Å². The average Bonchev–Trinajstić information content (AvgIpc) is 2.48. The number of hydrogen-bond acceptors (Lipinski definition) is 4. The molecule has 0 bridgehead atoms. The molecule has 1 atom stereocenters. The molecule has 0 spiro atoms. The van der Waals surface area contributed by atoms with Crippen molar-refractivity contribution in [1.29, 1.82) is 0 Å². The molecule has 0 fully saturated rings. The fourth-order valence-electron chi connectivity index (χ4n) is 0.800. The Balaban J connectivity index is 3.07. The van der Waals surface area contributed by atoms with Crippen LogP contribution in [0, 0.1) is 10.1 Å². The highest BCUT2D eigenvalue weighted by molar-refractivity contribution is 5.34. The summed E-state index contributed by atoms with van der Waals surface area (Å²) >= 11 is 0. The largest absolute Gasteiger partial charge is 0.420 e. The van der Waals surface area contributed by atoms with Gasteiger partial charge >= 0.3 is 11.9 Å². The topological polar surface area (TPSA) is 92.0 Å². The van der Waals surface area contributed by atoms with Crippen molar-refractivity contribution in [2.24, 2.45) is 0 Å². The maximum absolute atomic E-state index is 11.9. The van der Waals surface area contributed by atoms with E-state index in [0.717, 1.165) is 0 Å². The number of aliphatic hydroxyl groups is 1. The second-order valence-corrected chi connectivity index (χ2v) is 2.37. The monoisotopic (exact) mass is 211 g/mol. The average molecular weight is 211 g/mol. The van der Waals surface area contributed by atoms with Crippen LogP contribution in [0.1, 0.15) is 11.8 Å². The zero-order valence-corrected chi connectivity index (χ0v) is 6.45. The summed E-state index contributed by atoms with van der Waals surface area (Å²) in [5.74, 6) is 0. The third-order valence-corrected chi connectivity index (χ3v) is 1.43. The highest BCUT2D eigenvalue weighted by Crippen LogP contribution is 2.35. The van der Waals surface area contributed by atoms with Gasteiger partial charge in [-0.3, -0.25) is 15.2 Å². The van der Waals surface area contributed by atoms with Gasteiger partial charge in [0.05, 0.1) is 4.92 Å². The number of hydrogen-bond donors (Lipinski definition) is 2. The first kappa shape index (κ1) is 10.4. The SMILES string of the molecule is O=[N+]([O-])c1cn[nH]c1C(O)C(F)(F)F. The van der Waals surface area contributed by atoms with E-state index in [1.54, 1.807) is 5.10 Å². The standard InChI is InChI=1S/C5H4F3N3O3/c6-5(7,8)4(12)3-2(11(13)14)1-9-10-3/h1,4,12H,(H,9,10). The van der Waals surface area contributed by atoms with Crippen molar-refractivity contribution >= 4 is 5.69 Å². The highest BCUT2D eigenvalue weighted by Gasteiger charge is 2.44. The van der Waals surface area contributed by atoms with Gasteiger partial charge in [0.15, 0.2) is 11.8 Å². The van der Waals surface area contributed by atoms with Crippen LogP contribution < -0.4 is 0 Å². The number of aromatic amines is 1. The molecular formula is C5H4F3N3O3. The molecule has 0 aromatic carbocycles. The molecule has 0 radical (unpaired) electrons. The van der Waals surface area contributed by atoms with Gasteiger partial charge in [0.25, 0.3) is 0 Å². The Hall–Kier alpha value is -1.64. The van der Waals surface area contributed by atoms with Crippen LogP contribution in [0.4, 0.5) is 18.9 Å². The van der Waals surface area contributed by atoms with Crippen LogP contribution in [-0.4, -0.2) is 26.4 Å². The molecule has 0 aliphatic carbocycles. The maximum atomic E-state index is 11.9. The molecule has 1 aromatic rings. The third-order valence-electron chi connectivity index (χ3n) is 1.43. The van der Waals surface area contributed by atoms with Crippen molar-refractivity contribution < 1.29 is 23.2 Å². The van der Waals surface area contributed by atoms with E-state index >= 15 is 0 Å². The molecule has 0 saturated heterocycles. The molecule has 14 heavy (non-hydrogen) atoms. The van der Waals surface area contributed by atoms with Gasteiger partial charge in [-0.15, -0.1) is 0 Å². The number of nitro groups is 1. The fourth-order valence-corrected chi connectivity index (χ4v) is 0.800. The van der Waals surface area contributed by atoms with Crippen molar-refractivity contribution in [2.75, 3.05) is 0 Å². The summed E-state index contributed by atoms with van der Waals surface area (Å²) in [7, 11) is 0. The van der Waals surface area contributed by atoms with E-state index in [2.05, 4.69) is 5.10 Å². The lowest BCUT2D eigenvalue weighted by Crippen LogP contribution is -2.21. The Kier molecular flexibility index (Phi) is 2.43. The second-order valence-electron chi connectivity index (χ2n) is 2.37. The number of nitrogens with zero attached hydrogens (tertiary/aromatic N) is 2. The minimum absolute atomic E-state index is 0.601. The summed E-state index contributed by atoms with van der Waals surface area (Å²) in [5, 5.41) is 23.6. The molecule has 0 saturated carbocycles. The first-order chi connectivity index (χ1) is 6.34. The Morgan fingerprint density at radius 2 is 2.21 bits per heavy atom. The zero-order chi connectivity index (χ0) is 10.9. The second kappa shape index (κ2) is 3.25. The van der Waals surface area contributed by atoms with Gasteiger partial charge < -0.3 is 5.11 Å². The lowest BCUT2D eigenvalue weighted by molar-refractivity contribution is -0.387. The first-order valence-electron chi connectivity index (χ1n) is 3.26. The Morgan fingerprint density at radius 3 is 2.64 bits per heavy atom. The highest BCUT2D eigenvalue weighted by atomic mass is 19.4. The molecule has 78 valence electrons. The summed E-state index contributed by atoms with van der Waals surface area (Å²) < 4.78 is 35.8. The van der Waals surface area contributed by atoms with Crippen LogP contribution in [0.5, 0.6) is 0 Å². The molecule has 1 heterocycles. The number of nitrogens with one attached hydrogen (secondary N) is 1. The first-order valence-corrected chi connectivity index (χ1v) is 3.26. The number of alkyl halides is 3. The van der Waals surface area contributed by atoms with E-state index in [-0.39, 0.29) is 0 Å². The summed E-state index contributed by atoms with van der Waals surface area (Å²) in [6, 6.07) is 0. The van der Waals surface area contributed by atoms with Crippen LogP contribution in [0.15, 0.2) is 6.20 Å². The van der Waals surface area contributed by atoms with Gasteiger partial charge in [0.2, 0.25) is 0 Å². The zero-order valence-electron chi connectivity index (χ0n) is 6.45. The molecule has 1 rings (SSSR count). The maximum Gasteiger partial charge on any atom is 0.420 e. The van der Waals surface area contributed by atoms with E-state index in [0.29, 0.717) is 6.20 Å². The van der Waals surface area contributed by atoms with Crippen molar-refractivity contribution in [1.82, 2.24) is 10.2 Å².